The van der Waals surface area contributed by atoms with E-state index in [0.29, 0.717) is 21.0 Å². The molecule has 7 nitrogen and oxygen atoms in total. The summed E-state index contributed by atoms with van der Waals surface area (Å²) in [4.78, 5) is 4.17. The summed E-state index contributed by atoms with van der Waals surface area (Å²) in [5.74, 6) is 1.35. The average molecular weight is 465 g/mol. The first-order valence-corrected chi connectivity index (χ1v) is 10.6. The molecule has 0 amide bonds. The molecule has 12 heteroatoms. The molecule has 0 saturated heterocycles. The second kappa shape index (κ2) is 8.94. The minimum absolute atomic E-state index is 0.0949. The number of methoxy groups -OCH3 is 1. The van der Waals surface area contributed by atoms with Gasteiger partial charge in [0.1, 0.15) is 5.75 Å². The maximum absolute atomic E-state index is 12.9. The molecule has 160 valence electrons. The van der Waals surface area contributed by atoms with Crippen molar-refractivity contribution in [2.45, 2.75) is 16.3 Å². The maximum Gasteiger partial charge on any atom is 0.416 e. The SMILES string of the molecule is COc1ccccc1Nc1nnc(SCc2nc(-c3cccc(C(F)(F)F)c3)no2)s1. The standard InChI is InChI=1S/C19H14F3N5O2S2/c1-28-14-8-3-2-7-13(14)23-17-25-26-18(31-17)30-10-15-24-16(27-29-15)11-5-4-6-12(9-11)19(20,21)22/h2-9H,10H2,1H3,(H,23,25). The molecule has 0 aliphatic rings. The highest BCUT2D eigenvalue weighted by Crippen LogP contribution is 2.34. The number of halogens is 3. The van der Waals surface area contributed by atoms with E-state index in [1.165, 1.54) is 35.2 Å². The van der Waals surface area contributed by atoms with Crippen LogP contribution in [-0.4, -0.2) is 27.4 Å². The minimum atomic E-state index is -4.44. The summed E-state index contributed by atoms with van der Waals surface area (Å²) in [7, 11) is 1.58. The summed E-state index contributed by atoms with van der Waals surface area (Å²) >= 11 is 2.66. The quantitative estimate of drug-likeness (QED) is 0.351. The molecule has 0 aliphatic carbocycles. The monoisotopic (exact) mass is 465 g/mol. The van der Waals surface area contributed by atoms with Crippen LogP contribution in [-0.2, 0) is 11.9 Å². The van der Waals surface area contributed by atoms with E-state index >= 15 is 0 Å². The van der Waals surface area contributed by atoms with Crippen LogP contribution < -0.4 is 10.1 Å². The molecule has 1 N–H and O–H groups in total. The van der Waals surface area contributed by atoms with Crippen LogP contribution in [0.1, 0.15) is 11.5 Å². The summed E-state index contributed by atoms with van der Waals surface area (Å²) in [5, 5.41) is 15.7. The van der Waals surface area contributed by atoms with Gasteiger partial charge in [0.15, 0.2) is 4.34 Å². The van der Waals surface area contributed by atoms with E-state index in [4.69, 9.17) is 9.26 Å². The van der Waals surface area contributed by atoms with Crippen LogP contribution in [0.15, 0.2) is 57.4 Å². The molecule has 2 aromatic carbocycles. The van der Waals surface area contributed by atoms with Crippen LogP contribution >= 0.6 is 23.1 Å². The third kappa shape index (κ3) is 5.14. The molecule has 0 unspecified atom stereocenters. The number of aromatic nitrogens is 4. The Morgan fingerprint density at radius 3 is 2.77 bits per heavy atom. The van der Waals surface area contributed by atoms with Crippen molar-refractivity contribution in [2.75, 3.05) is 12.4 Å². The Morgan fingerprint density at radius 1 is 1.13 bits per heavy atom. The predicted octanol–water partition coefficient (Wildman–Crippen LogP) is 5.65. The smallest absolute Gasteiger partial charge is 0.416 e. The summed E-state index contributed by atoms with van der Waals surface area (Å²) < 4.78 is 49.8. The van der Waals surface area contributed by atoms with E-state index < -0.39 is 11.7 Å². The van der Waals surface area contributed by atoms with Gasteiger partial charge in [-0.1, -0.05) is 52.5 Å². The van der Waals surface area contributed by atoms with E-state index in [1.807, 2.05) is 24.3 Å². The number of nitrogens with one attached hydrogen (secondary N) is 1. The molecule has 0 aliphatic heterocycles. The molecule has 0 saturated carbocycles. The number of rotatable bonds is 7. The highest BCUT2D eigenvalue weighted by Gasteiger charge is 2.30. The van der Waals surface area contributed by atoms with Gasteiger partial charge in [-0.25, -0.2) is 0 Å². The van der Waals surface area contributed by atoms with Crippen molar-refractivity contribution >= 4 is 33.9 Å². The maximum atomic E-state index is 12.9. The average Bonchev–Trinajstić information content (AvgIpc) is 3.42. The fourth-order valence-electron chi connectivity index (χ4n) is 2.57. The van der Waals surface area contributed by atoms with Crippen LogP contribution in [0, 0.1) is 0 Å². The normalized spacial score (nSPS) is 11.5. The Kier molecular flexibility index (Phi) is 6.09. The zero-order valence-electron chi connectivity index (χ0n) is 15.9. The van der Waals surface area contributed by atoms with E-state index in [1.54, 1.807) is 7.11 Å². The molecule has 4 aromatic rings. The van der Waals surface area contributed by atoms with Crippen molar-refractivity contribution in [3.8, 4) is 17.1 Å². The summed E-state index contributed by atoms with van der Waals surface area (Å²) in [6, 6.07) is 12.2. The highest BCUT2D eigenvalue weighted by atomic mass is 32.2. The lowest BCUT2D eigenvalue weighted by Gasteiger charge is -2.07. The number of benzene rings is 2. The van der Waals surface area contributed by atoms with Gasteiger partial charge in [-0.05, 0) is 24.3 Å². The first kappa shape index (κ1) is 21.1. The van der Waals surface area contributed by atoms with Gasteiger partial charge >= 0.3 is 6.18 Å². The van der Waals surface area contributed by atoms with Crippen molar-refractivity contribution in [3.05, 3.63) is 60.0 Å². The Hall–Kier alpha value is -3.12. The summed E-state index contributed by atoms with van der Waals surface area (Å²) in [5.41, 5.74) is 0.226. The molecule has 0 bridgehead atoms. The fourth-order valence-corrected chi connectivity index (χ4v) is 4.17. The van der Waals surface area contributed by atoms with Crippen molar-refractivity contribution in [3.63, 3.8) is 0 Å². The third-order valence-corrected chi connectivity index (χ3v) is 5.95. The Morgan fingerprint density at radius 2 is 1.97 bits per heavy atom. The van der Waals surface area contributed by atoms with Gasteiger partial charge in [0.2, 0.25) is 16.8 Å². The van der Waals surface area contributed by atoms with Gasteiger partial charge in [-0.3, -0.25) is 0 Å². The number of hydrogen-bond acceptors (Lipinski definition) is 9. The number of nitrogens with zero attached hydrogens (tertiary/aromatic N) is 4. The van der Waals surface area contributed by atoms with Gasteiger partial charge in [-0.15, -0.1) is 10.2 Å². The van der Waals surface area contributed by atoms with Crippen LogP contribution in [0.5, 0.6) is 5.75 Å². The second-order valence-electron chi connectivity index (χ2n) is 6.08. The topological polar surface area (TPSA) is 86.0 Å². The second-order valence-corrected chi connectivity index (χ2v) is 8.28. The minimum Gasteiger partial charge on any atom is -0.495 e. The lowest BCUT2D eigenvalue weighted by atomic mass is 10.1. The lowest BCUT2D eigenvalue weighted by molar-refractivity contribution is -0.137. The Labute approximate surface area is 182 Å². The molecule has 0 atom stereocenters. The first-order chi connectivity index (χ1) is 14.9. The first-order valence-electron chi connectivity index (χ1n) is 8.79. The number of thioether (sulfide) groups is 1. The van der Waals surface area contributed by atoms with Gasteiger partial charge < -0.3 is 14.6 Å². The van der Waals surface area contributed by atoms with Crippen molar-refractivity contribution in [2.24, 2.45) is 0 Å². The third-order valence-electron chi connectivity index (χ3n) is 3.99. The molecule has 2 aromatic heterocycles. The Balaban J connectivity index is 1.40. The molecular weight excluding hydrogens is 451 g/mol. The zero-order valence-corrected chi connectivity index (χ0v) is 17.5. The van der Waals surface area contributed by atoms with Crippen molar-refractivity contribution in [1.29, 1.82) is 0 Å². The number of para-hydroxylation sites is 2. The summed E-state index contributed by atoms with van der Waals surface area (Å²) in [6.45, 7) is 0. The molecule has 0 spiro atoms. The Bertz CT molecular complexity index is 1180. The summed E-state index contributed by atoms with van der Waals surface area (Å²) in [6.07, 6.45) is -4.44. The molecule has 31 heavy (non-hydrogen) atoms. The van der Waals surface area contributed by atoms with E-state index in [2.05, 4.69) is 25.7 Å². The van der Waals surface area contributed by atoms with E-state index in [0.717, 1.165) is 17.8 Å². The zero-order chi connectivity index (χ0) is 21.8. The van der Waals surface area contributed by atoms with Crippen LogP contribution in [0.4, 0.5) is 24.0 Å². The predicted molar refractivity (Wildman–Crippen MR) is 110 cm³/mol. The van der Waals surface area contributed by atoms with Gasteiger partial charge in [0.25, 0.3) is 0 Å². The van der Waals surface area contributed by atoms with E-state index in [-0.39, 0.29) is 17.3 Å². The number of ether oxygens (including phenoxy) is 1. The van der Waals surface area contributed by atoms with Gasteiger partial charge in [0, 0.05) is 5.56 Å². The fraction of sp³-hybridized carbons (Fsp3) is 0.158. The van der Waals surface area contributed by atoms with E-state index in [9.17, 15) is 13.2 Å². The van der Waals surface area contributed by atoms with Gasteiger partial charge in [0.05, 0.1) is 24.1 Å². The molecular formula is C19H14F3N5O2S2. The number of hydrogen-bond donors (Lipinski definition) is 1. The molecule has 2 heterocycles. The largest absolute Gasteiger partial charge is 0.495 e. The van der Waals surface area contributed by atoms with Gasteiger partial charge in [-0.2, -0.15) is 18.2 Å². The van der Waals surface area contributed by atoms with Crippen molar-refractivity contribution in [1.82, 2.24) is 20.3 Å². The van der Waals surface area contributed by atoms with Crippen LogP contribution in [0.3, 0.4) is 0 Å². The molecule has 0 fully saturated rings. The molecule has 4 rings (SSSR count). The number of anilines is 2. The van der Waals surface area contributed by atoms with Crippen molar-refractivity contribution < 1.29 is 22.4 Å². The van der Waals surface area contributed by atoms with Crippen LogP contribution in [0.25, 0.3) is 11.4 Å². The number of alkyl halides is 3. The molecule has 0 radical (unpaired) electrons. The lowest BCUT2D eigenvalue weighted by Crippen LogP contribution is -2.04. The van der Waals surface area contributed by atoms with Crippen LogP contribution in [0.2, 0.25) is 0 Å². The highest BCUT2D eigenvalue weighted by molar-refractivity contribution is 8.00.